The van der Waals surface area contributed by atoms with Crippen LogP contribution in [0, 0.1) is 0 Å². The van der Waals surface area contributed by atoms with E-state index < -0.39 is 0 Å². The molecule has 0 fully saturated rings. The molecular formula is C48H32N2O. The Balaban J connectivity index is 1.24. The van der Waals surface area contributed by atoms with Crippen LogP contribution >= 0.6 is 0 Å². The number of fused-ring (bicyclic) bond motifs is 6. The second-order valence-corrected chi connectivity index (χ2v) is 12.9. The SMILES string of the molecule is c1ccc(-c2ccccc2N(c2cccc(-c3ccc4oc5ccccc5c4c3)c2)c2cccc3c2c2ccccc2n3-c2ccccc2)cc1. The van der Waals surface area contributed by atoms with Crippen molar-refractivity contribution in [2.45, 2.75) is 0 Å². The van der Waals surface area contributed by atoms with Gasteiger partial charge < -0.3 is 13.9 Å². The largest absolute Gasteiger partial charge is 0.456 e. The molecule has 0 bridgehead atoms. The van der Waals surface area contributed by atoms with E-state index in [1.807, 2.05) is 12.1 Å². The normalized spacial score (nSPS) is 11.5. The average molecular weight is 653 g/mol. The molecule has 8 aromatic carbocycles. The zero-order valence-electron chi connectivity index (χ0n) is 27.8. The molecular weight excluding hydrogens is 621 g/mol. The van der Waals surface area contributed by atoms with Crippen molar-refractivity contribution in [1.29, 1.82) is 0 Å². The third-order valence-electron chi connectivity index (χ3n) is 9.98. The Kier molecular flexibility index (Phi) is 6.81. The van der Waals surface area contributed by atoms with Crippen molar-refractivity contribution in [3.05, 3.63) is 194 Å². The number of hydrogen-bond acceptors (Lipinski definition) is 2. The molecule has 0 aliphatic carbocycles. The molecule has 0 spiro atoms. The van der Waals surface area contributed by atoms with Gasteiger partial charge in [0.05, 0.1) is 22.4 Å². The standard InChI is InChI=1S/C48H32N2O/c1-3-15-33(16-4-1)38-21-7-10-24-42(38)50(37-20-13-17-34(31-37)35-29-30-47-41(32-35)39-22-9-12-28-46(39)51-47)45-27-14-26-44-48(45)40-23-8-11-25-43(40)49(44)36-18-5-2-6-19-36/h1-32H. The van der Waals surface area contributed by atoms with Crippen LogP contribution in [0.15, 0.2) is 199 Å². The summed E-state index contributed by atoms with van der Waals surface area (Å²) < 4.78 is 8.56. The number of hydrogen-bond donors (Lipinski definition) is 0. The van der Waals surface area contributed by atoms with E-state index >= 15 is 0 Å². The van der Waals surface area contributed by atoms with E-state index in [2.05, 4.69) is 191 Å². The topological polar surface area (TPSA) is 21.3 Å². The quantitative estimate of drug-likeness (QED) is 0.178. The molecule has 10 rings (SSSR count). The van der Waals surface area contributed by atoms with Gasteiger partial charge in [0.15, 0.2) is 0 Å². The maximum atomic E-state index is 6.18. The van der Waals surface area contributed by atoms with Gasteiger partial charge in [-0.3, -0.25) is 0 Å². The molecule has 0 aliphatic rings. The van der Waals surface area contributed by atoms with E-state index in [4.69, 9.17) is 4.42 Å². The molecule has 240 valence electrons. The first kappa shape index (κ1) is 29.1. The van der Waals surface area contributed by atoms with Crippen LogP contribution in [0.2, 0.25) is 0 Å². The number of rotatable bonds is 6. The summed E-state index contributed by atoms with van der Waals surface area (Å²) in [6.07, 6.45) is 0. The molecule has 0 unspecified atom stereocenters. The van der Waals surface area contributed by atoms with E-state index in [1.165, 1.54) is 27.4 Å². The summed E-state index contributed by atoms with van der Waals surface area (Å²) in [5.41, 5.74) is 13.2. The van der Waals surface area contributed by atoms with Crippen molar-refractivity contribution in [2.75, 3.05) is 4.90 Å². The molecule has 0 amide bonds. The Morgan fingerprint density at radius 2 is 1.02 bits per heavy atom. The fourth-order valence-corrected chi connectivity index (χ4v) is 7.71. The second-order valence-electron chi connectivity index (χ2n) is 12.9. The Morgan fingerprint density at radius 3 is 1.90 bits per heavy atom. The second kappa shape index (κ2) is 11.9. The summed E-state index contributed by atoms with van der Waals surface area (Å²) in [6, 6.07) is 69.3. The zero-order chi connectivity index (χ0) is 33.7. The highest BCUT2D eigenvalue weighted by atomic mass is 16.3. The molecule has 0 saturated heterocycles. The van der Waals surface area contributed by atoms with Crippen molar-refractivity contribution in [3.63, 3.8) is 0 Å². The maximum Gasteiger partial charge on any atom is 0.135 e. The summed E-state index contributed by atoms with van der Waals surface area (Å²) >= 11 is 0. The van der Waals surface area contributed by atoms with Crippen LogP contribution in [0.3, 0.4) is 0 Å². The van der Waals surface area contributed by atoms with E-state index in [9.17, 15) is 0 Å². The molecule has 0 radical (unpaired) electrons. The van der Waals surface area contributed by atoms with E-state index in [0.29, 0.717) is 0 Å². The molecule has 3 nitrogen and oxygen atoms in total. The summed E-state index contributed by atoms with van der Waals surface area (Å²) in [6.45, 7) is 0. The highest BCUT2D eigenvalue weighted by Gasteiger charge is 2.23. The summed E-state index contributed by atoms with van der Waals surface area (Å²) in [4.78, 5) is 2.45. The van der Waals surface area contributed by atoms with E-state index in [-0.39, 0.29) is 0 Å². The number of anilines is 3. The molecule has 51 heavy (non-hydrogen) atoms. The predicted molar refractivity (Wildman–Crippen MR) is 214 cm³/mol. The van der Waals surface area contributed by atoms with Crippen LogP contribution in [0.4, 0.5) is 17.1 Å². The van der Waals surface area contributed by atoms with Gasteiger partial charge in [-0.1, -0.05) is 127 Å². The lowest BCUT2D eigenvalue weighted by atomic mass is 9.99. The van der Waals surface area contributed by atoms with Gasteiger partial charge in [-0.05, 0) is 83.4 Å². The van der Waals surface area contributed by atoms with Crippen LogP contribution < -0.4 is 4.90 Å². The van der Waals surface area contributed by atoms with Gasteiger partial charge in [-0.25, -0.2) is 0 Å². The third kappa shape index (κ3) is 4.82. The van der Waals surface area contributed by atoms with Crippen molar-refractivity contribution < 1.29 is 4.42 Å². The Morgan fingerprint density at radius 1 is 0.392 bits per heavy atom. The fraction of sp³-hybridized carbons (Fsp3) is 0. The van der Waals surface area contributed by atoms with Crippen LogP contribution in [-0.4, -0.2) is 4.57 Å². The number of aromatic nitrogens is 1. The van der Waals surface area contributed by atoms with Crippen molar-refractivity contribution in [3.8, 4) is 27.9 Å². The molecule has 2 aromatic heterocycles. The predicted octanol–water partition coefficient (Wildman–Crippen LogP) is 13.5. The molecule has 3 heteroatoms. The lowest BCUT2D eigenvalue weighted by Crippen LogP contribution is -2.12. The summed E-state index contributed by atoms with van der Waals surface area (Å²) in [5.74, 6) is 0. The first-order valence-corrected chi connectivity index (χ1v) is 17.4. The maximum absolute atomic E-state index is 6.18. The Hall–Kier alpha value is -6.84. The van der Waals surface area contributed by atoms with Crippen molar-refractivity contribution in [2.24, 2.45) is 0 Å². The minimum Gasteiger partial charge on any atom is -0.456 e. The number of nitrogens with zero attached hydrogens (tertiary/aromatic N) is 2. The monoisotopic (exact) mass is 652 g/mol. The highest BCUT2D eigenvalue weighted by molar-refractivity contribution is 6.17. The van der Waals surface area contributed by atoms with Crippen molar-refractivity contribution in [1.82, 2.24) is 4.57 Å². The minimum atomic E-state index is 0.899. The summed E-state index contributed by atoms with van der Waals surface area (Å²) in [5, 5.41) is 4.67. The lowest BCUT2D eigenvalue weighted by molar-refractivity contribution is 0.669. The van der Waals surface area contributed by atoms with E-state index in [0.717, 1.165) is 61.3 Å². The molecule has 0 N–H and O–H groups in total. The van der Waals surface area contributed by atoms with Crippen LogP contribution in [-0.2, 0) is 0 Å². The first-order valence-electron chi connectivity index (χ1n) is 17.4. The van der Waals surface area contributed by atoms with Gasteiger partial charge in [0.25, 0.3) is 0 Å². The average Bonchev–Trinajstić information content (AvgIpc) is 3.75. The third-order valence-corrected chi connectivity index (χ3v) is 9.98. The van der Waals surface area contributed by atoms with Crippen molar-refractivity contribution >= 4 is 60.8 Å². The first-order chi connectivity index (χ1) is 25.3. The molecule has 0 atom stereocenters. The van der Waals surface area contributed by atoms with Crippen LogP contribution in [0.25, 0.3) is 71.7 Å². The summed E-state index contributed by atoms with van der Waals surface area (Å²) in [7, 11) is 0. The van der Waals surface area contributed by atoms with Gasteiger partial charge in [0, 0.05) is 38.5 Å². The van der Waals surface area contributed by atoms with Gasteiger partial charge >= 0.3 is 0 Å². The number of para-hydroxylation sites is 4. The smallest absolute Gasteiger partial charge is 0.135 e. The van der Waals surface area contributed by atoms with Gasteiger partial charge in [0.1, 0.15) is 11.2 Å². The Labute approximate surface area is 295 Å². The van der Waals surface area contributed by atoms with Crippen LogP contribution in [0.5, 0.6) is 0 Å². The molecule has 2 heterocycles. The highest BCUT2D eigenvalue weighted by Crippen LogP contribution is 2.47. The minimum absolute atomic E-state index is 0.899. The molecule has 10 aromatic rings. The van der Waals surface area contributed by atoms with Gasteiger partial charge in [-0.2, -0.15) is 0 Å². The lowest BCUT2D eigenvalue weighted by Gasteiger charge is -2.29. The van der Waals surface area contributed by atoms with Gasteiger partial charge in [-0.15, -0.1) is 0 Å². The molecule has 0 saturated carbocycles. The number of benzene rings is 8. The number of furan rings is 1. The zero-order valence-corrected chi connectivity index (χ0v) is 27.8. The van der Waals surface area contributed by atoms with Crippen LogP contribution in [0.1, 0.15) is 0 Å². The molecule has 0 aliphatic heterocycles. The van der Waals surface area contributed by atoms with E-state index in [1.54, 1.807) is 0 Å². The fourth-order valence-electron chi connectivity index (χ4n) is 7.71. The van der Waals surface area contributed by atoms with Gasteiger partial charge in [0.2, 0.25) is 0 Å². The Bertz CT molecular complexity index is 2860.